The Balaban J connectivity index is 2.71. The molecule has 0 saturated carbocycles. The third kappa shape index (κ3) is 2.29. The van der Waals surface area contributed by atoms with E-state index in [1.54, 1.807) is 32.2 Å². The van der Waals surface area contributed by atoms with Crippen LogP contribution in [0.2, 0.25) is 0 Å². The average molecular weight is 262 g/mol. The van der Waals surface area contributed by atoms with Crippen LogP contribution in [0.3, 0.4) is 0 Å². The Labute approximate surface area is 110 Å². The molecular formula is C13H14N2O4. The lowest BCUT2D eigenvalue weighted by Crippen LogP contribution is -2.11. The largest absolute Gasteiger partial charge is 0.496 e. The molecule has 0 N–H and O–H groups in total. The maximum Gasteiger partial charge on any atom is 0.362 e. The Morgan fingerprint density at radius 2 is 2.00 bits per heavy atom. The number of methoxy groups -OCH3 is 2. The molecule has 0 aliphatic heterocycles. The number of rotatable bonds is 4. The molecule has 0 amide bonds. The van der Waals surface area contributed by atoms with Crippen LogP contribution < -0.4 is 9.47 Å². The topological polar surface area (TPSA) is 70.5 Å². The number of carbonyl (C=O) groups excluding carboxylic acids is 1. The van der Waals surface area contributed by atoms with Crippen LogP contribution in [-0.4, -0.2) is 37.0 Å². The van der Waals surface area contributed by atoms with E-state index >= 15 is 0 Å². The predicted molar refractivity (Wildman–Crippen MR) is 68.6 cm³/mol. The minimum atomic E-state index is -0.570. The number of ether oxygens (including phenoxy) is 3. The molecule has 1 heterocycles. The molecule has 0 atom stereocenters. The van der Waals surface area contributed by atoms with E-state index in [9.17, 15) is 4.79 Å². The molecule has 0 fully saturated rings. The summed E-state index contributed by atoms with van der Waals surface area (Å²) >= 11 is 0. The smallest absolute Gasteiger partial charge is 0.362 e. The van der Waals surface area contributed by atoms with Gasteiger partial charge in [0.05, 0.1) is 26.2 Å². The summed E-state index contributed by atoms with van der Waals surface area (Å²) < 4.78 is 15.5. The Hall–Kier alpha value is -2.37. The monoisotopic (exact) mass is 262 g/mol. The van der Waals surface area contributed by atoms with Crippen molar-refractivity contribution in [2.75, 3.05) is 20.8 Å². The summed E-state index contributed by atoms with van der Waals surface area (Å²) in [5, 5.41) is 8.46. The third-order valence-electron chi connectivity index (χ3n) is 2.60. The van der Waals surface area contributed by atoms with Crippen molar-refractivity contribution >= 4 is 16.9 Å². The Morgan fingerprint density at radius 1 is 1.21 bits per heavy atom. The first kappa shape index (κ1) is 13.1. The van der Waals surface area contributed by atoms with E-state index in [4.69, 9.17) is 14.2 Å². The number of nitrogens with zero attached hydrogens (tertiary/aromatic N) is 2. The van der Waals surface area contributed by atoms with Crippen LogP contribution in [0.1, 0.15) is 17.4 Å². The molecule has 0 saturated heterocycles. The molecule has 0 radical (unpaired) electrons. The Bertz CT molecular complexity index is 613. The molecular weight excluding hydrogens is 248 g/mol. The molecule has 2 aromatic rings. The molecule has 6 heteroatoms. The van der Waals surface area contributed by atoms with Crippen molar-refractivity contribution in [1.82, 2.24) is 10.2 Å². The predicted octanol–water partition coefficient (Wildman–Crippen LogP) is 1.82. The molecule has 1 aromatic heterocycles. The fraction of sp³-hybridized carbons (Fsp3) is 0.308. The van der Waals surface area contributed by atoms with Crippen molar-refractivity contribution in [3.8, 4) is 11.5 Å². The highest BCUT2D eigenvalue weighted by atomic mass is 16.5. The fourth-order valence-corrected chi connectivity index (χ4v) is 1.80. The first-order valence-corrected chi connectivity index (χ1v) is 5.77. The van der Waals surface area contributed by atoms with Gasteiger partial charge in [0.25, 0.3) is 0 Å². The van der Waals surface area contributed by atoms with Crippen LogP contribution in [0.4, 0.5) is 0 Å². The summed E-state index contributed by atoms with van der Waals surface area (Å²) in [6.45, 7) is 1.98. The van der Waals surface area contributed by atoms with Gasteiger partial charge in [-0.25, -0.2) is 4.79 Å². The van der Waals surface area contributed by atoms with E-state index in [1.807, 2.05) is 0 Å². The number of aromatic nitrogens is 2. The van der Waals surface area contributed by atoms with Gasteiger partial charge in [0.1, 0.15) is 11.3 Å². The van der Waals surface area contributed by atoms with Gasteiger partial charge in [0, 0.05) is 0 Å². The lowest BCUT2D eigenvalue weighted by molar-refractivity contribution is 0.0514. The lowest BCUT2D eigenvalue weighted by atomic mass is 10.1. The summed E-state index contributed by atoms with van der Waals surface area (Å²) in [7, 11) is 3.00. The molecule has 6 nitrogen and oxygen atoms in total. The van der Waals surface area contributed by atoms with Gasteiger partial charge in [-0.2, -0.15) is 0 Å². The highest BCUT2D eigenvalue weighted by Gasteiger charge is 2.21. The van der Waals surface area contributed by atoms with E-state index in [0.717, 1.165) is 0 Å². The van der Waals surface area contributed by atoms with Gasteiger partial charge in [-0.15, -0.1) is 10.2 Å². The normalized spacial score (nSPS) is 10.3. The summed E-state index contributed by atoms with van der Waals surface area (Å²) in [5.41, 5.74) is 0.630. The number of esters is 1. The lowest BCUT2D eigenvalue weighted by Gasteiger charge is -2.11. The number of fused-ring (bicyclic) bond motifs is 1. The van der Waals surface area contributed by atoms with Gasteiger partial charge in [0.15, 0.2) is 5.75 Å². The van der Waals surface area contributed by atoms with Crippen LogP contribution >= 0.6 is 0 Å². The summed E-state index contributed by atoms with van der Waals surface area (Å²) in [4.78, 5) is 11.8. The average Bonchev–Trinajstić information content (AvgIpc) is 2.45. The second kappa shape index (κ2) is 5.51. The fourth-order valence-electron chi connectivity index (χ4n) is 1.80. The van der Waals surface area contributed by atoms with E-state index in [2.05, 4.69) is 10.2 Å². The zero-order valence-electron chi connectivity index (χ0n) is 11.0. The first-order chi connectivity index (χ1) is 9.22. The molecule has 0 unspecified atom stereocenters. The summed E-state index contributed by atoms with van der Waals surface area (Å²) in [5.74, 6) is 0.301. The Morgan fingerprint density at radius 3 is 2.63 bits per heavy atom. The van der Waals surface area contributed by atoms with Crippen LogP contribution in [0.25, 0.3) is 10.9 Å². The number of hydrogen-bond donors (Lipinski definition) is 0. The molecule has 100 valence electrons. The Kier molecular flexibility index (Phi) is 3.79. The number of benzene rings is 1. The first-order valence-electron chi connectivity index (χ1n) is 5.77. The molecule has 2 rings (SSSR count). The van der Waals surface area contributed by atoms with Gasteiger partial charge in [-0.3, -0.25) is 0 Å². The van der Waals surface area contributed by atoms with Crippen molar-refractivity contribution < 1.29 is 19.0 Å². The van der Waals surface area contributed by atoms with E-state index in [0.29, 0.717) is 22.4 Å². The van der Waals surface area contributed by atoms with Gasteiger partial charge >= 0.3 is 5.97 Å². The van der Waals surface area contributed by atoms with Crippen LogP contribution in [-0.2, 0) is 4.74 Å². The summed E-state index contributed by atoms with van der Waals surface area (Å²) in [6.07, 6.45) is 0. The maximum atomic E-state index is 11.8. The molecule has 1 aromatic carbocycles. The van der Waals surface area contributed by atoms with Crippen molar-refractivity contribution in [3.05, 3.63) is 23.9 Å². The van der Waals surface area contributed by atoms with Crippen LogP contribution in [0, 0.1) is 0 Å². The number of hydrogen-bond acceptors (Lipinski definition) is 6. The number of carbonyl (C=O) groups is 1. The minimum Gasteiger partial charge on any atom is -0.496 e. The standard InChI is InChI=1S/C13H14N2O4/c1-4-19-13(16)11-12(18-3)10-8(14-15-11)6-5-7-9(10)17-2/h5-7H,4H2,1-3H3. The van der Waals surface area contributed by atoms with E-state index in [1.165, 1.54) is 7.11 Å². The molecule has 19 heavy (non-hydrogen) atoms. The highest BCUT2D eigenvalue weighted by Crippen LogP contribution is 2.34. The van der Waals surface area contributed by atoms with E-state index < -0.39 is 5.97 Å². The molecule has 0 aliphatic rings. The quantitative estimate of drug-likeness (QED) is 0.783. The second-order valence-corrected chi connectivity index (χ2v) is 3.66. The zero-order chi connectivity index (χ0) is 13.8. The van der Waals surface area contributed by atoms with Crippen LogP contribution in [0.5, 0.6) is 11.5 Å². The molecule has 0 spiro atoms. The van der Waals surface area contributed by atoms with Gasteiger partial charge in [-0.1, -0.05) is 6.07 Å². The zero-order valence-corrected chi connectivity index (χ0v) is 11.0. The SMILES string of the molecule is CCOC(=O)c1nnc2cccc(OC)c2c1OC. The highest BCUT2D eigenvalue weighted by molar-refractivity contribution is 6.00. The van der Waals surface area contributed by atoms with Crippen molar-refractivity contribution in [3.63, 3.8) is 0 Å². The van der Waals surface area contributed by atoms with Crippen LogP contribution in [0.15, 0.2) is 18.2 Å². The van der Waals surface area contributed by atoms with Gasteiger partial charge < -0.3 is 14.2 Å². The molecule has 0 aliphatic carbocycles. The minimum absolute atomic E-state index is 0.0429. The maximum absolute atomic E-state index is 11.8. The van der Waals surface area contributed by atoms with Crippen molar-refractivity contribution in [2.24, 2.45) is 0 Å². The van der Waals surface area contributed by atoms with E-state index in [-0.39, 0.29) is 12.3 Å². The summed E-state index contributed by atoms with van der Waals surface area (Å²) in [6, 6.07) is 5.32. The van der Waals surface area contributed by atoms with Gasteiger partial charge in [-0.05, 0) is 19.1 Å². The second-order valence-electron chi connectivity index (χ2n) is 3.66. The van der Waals surface area contributed by atoms with Crippen molar-refractivity contribution in [2.45, 2.75) is 6.92 Å². The van der Waals surface area contributed by atoms with Crippen molar-refractivity contribution in [1.29, 1.82) is 0 Å². The third-order valence-corrected chi connectivity index (χ3v) is 2.60. The van der Waals surface area contributed by atoms with Gasteiger partial charge in [0.2, 0.25) is 5.69 Å². The molecule has 0 bridgehead atoms.